The minimum absolute atomic E-state index is 0.329. The van der Waals surface area contributed by atoms with Gasteiger partial charge in [0, 0.05) is 0 Å². The van der Waals surface area contributed by atoms with Crippen molar-refractivity contribution < 1.29 is 14.6 Å². The van der Waals surface area contributed by atoms with Gasteiger partial charge in [0.15, 0.2) is 0 Å². The van der Waals surface area contributed by atoms with Gasteiger partial charge in [-0.3, -0.25) is 0 Å². The molecular formula is C11H14O3. The lowest BCUT2D eigenvalue weighted by Crippen LogP contribution is -2.04. The molecule has 1 aromatic rings. The zero-order valence-corrected chi connectivity index (χ0v) is 8.36. The Hall–Kier alpha value is -1.35. The molecule has 14 heavy (non-hydrogen) atoms. The lowest BCUT2D eigenvalue weighted by molar-refractivity contribution is 0.0526. The van der Waals surface area contributed by atoms with E-state index in [4.69, 9.17) is 4.74 Å². The zero-order chi connectivity index (χ0) is 10.6. The number of hydrogen-bond donors (Lipinski definition) is 1. The molecule has 0 aliphatic carbocycles. The van der Waals surface area contributed by atoms with Crippen LogP contribution < -0.4 is 0 Å². The minimum Gasteiger partial charge on any atom is -0.462 e. The molecular weight excluding hydrogens is 180 g/mol. The number of aliphatic hydroxyl groups excluding tert-OH is 1. The van der Waals surface area contributed by atoms with Gasteiger partial charge in [-0.15, -0.1) is 0 Å². The monoisotopic (exact) mass is 194 g/mol. The van der Waals surface area contributed by atoms with Crippen molar-refractivity contribution >= 4 is 5.97 Å². The van der Waals surface area contributed by atoms with Crippen LogP contribution >= 0.6 is 0 Å². The average Bonchev–Trinajstić information content (AvgIpc) is 2.18. The molecule has 1 atom stereocenters. The van der Waals surface area contributed by atoms with Gasteiger partial charge in [-0.2, -0.15) is 0 Å². The summed E-state index contributed by atoms with van der Waals surface area (Å²) >= 11 is 0. The molecule has 3 nitrogen and oxygen atoms in total. The molecule has 0 amide bonds. The number of carbonyl (C=O) groups is 1. The maximum Gasteiger partial charge on any atom is 0.338 e. The Morgan fingerprint density at radius 1 is 1.43 bits per heavy atom. The van der Waals surface area contributed by atoms with Crippen molar-refractivity contribution in [1.82, 2.24) is 0 Å². The second kappa shape index (κ2) is 4.77. The topological polar surface area (TPSA) is 46.5 Å². The number of benzene rings is 1. The van der Waals surface area contributed by atoms with Crippen LogP contribution in [0, 0.1) is 0 Å². The maximum atomic E-state index is 11.2. The van der Waals surface area contributed by atoms with E-state index >= 15 is 0 Å². The van der Waals surface area contributed by atoms with Crippen LogP contribution in [0.1, 0.15) is 35.9 Å². The third-order valence-corrected chi connectivity index (χ3v) is 1.90. The fourth-order valence-electron chi connectivity index (χ4n) is 1.11. The Kier molecular flexibility index (Phi) is 3.65. The molecule has 0 bridgehead atoms. The predicted molar refractivity (Wildman–Crippen MR) is 53.0 cm³/mol. The first-order chi connectivity index (χ1) is 6.65. The highest BCUT2D eigenvalue weighted by Gasteiger charge is 2.06. The lowest BCUT2D eigenvalue weighted by Gasteiger charge is -2.05. The maximum absolute atomic E-state index is 11.2. The number of esters is 1. The van der Waals surface area contributed by atoms with Crippen molar-refractivity contribution in [1.29, 1.82) is 0 Å². The molecule has 1 unspecified atom stereocenters. The van der Waals surface area contributed by atoms with Crippen LogP contribution in [-0.2, 0) is 4.74 Å². The summed E-state index contributed by atoms with van der Waals surface area (Å²) in [6.45, 7) is 3.82. The van der Waals surface area contributed by atoms with Crippen LogP contribution in [0.15, 0.2) is 24.3 Å². The van der Waals surface area contributed by atoms with Crippen LogP contribution in [-0.4, -0.2) is 17.7 Å². The predicted octanol–water partition coefficient (Wildman–Crippen LogP) is 1.92. The number of aliphatic hydroxyl groups is 1. The van der Waals surface area contributed by atoms with E-state index in [2.05, 4.69) is 0 Å². The first kappa shape index (κ1) is 10.7. The molecule has 0 aliphatic rings. The van der Waals surface area contributed by atoms with Crippen molar-refractivity contribution in [2.24, 2.45) is 0 Å². The highest BCUT2D eigenvalue weighted by molar-refractivity contribution is 5.89. The molecule has 0 spiro atoms. The van der Waals surface area contributed by atoms with Crippen molar-refractivity contribution in [3.63, 3.8) is 0 Å². The summed E-state index contributed by atoms with van der Waals surface area (Å²) in [5.41, 5.74) is 1.30. The van der Waals surface area contributed by atoms with Crippen molar-refractivity contribution in [2.45, 2.75) is 20.0 Å². The van der Waals surface area contributed by atoms with Gasteiger partial charge in [0.2, 0.25) is 0 Å². The molecule has 0 saturated heterocycles. The van der Waals surface area contributed by atoms with Gasteiger partial charge in [-0.25, -0.2) is 4.79 Å². The van der Waals surface area contributed by atoms with Gasteiger partial charge in [0.25, 0.3) is 0 Å². The third-order valence-electron chi connectivity index (χ3n) is 1.90. The Bertz CT molecular complexity index is 301. The second-order valence-electron chi connectivity index (χ2n) is 3.02. The zero-order valence-electron chi connectivity index (χ0n) is 8.36. The average molecular weight is 194 g/mol. The highest BCUT2D eigenvalue weighted by atomic mass is 16.5. The van der Waals surface area contributed by atoms with Gasteiger partial charge >= 0.3 is 5.97 Å². The van der Waals surface area contributed by atoms with Crippen LogP contribution in [0.5, 0.6) is 0 Å². The smallest absolute Gasteiger partial charge is 0.338 e. The molecule has 0 saturated carbocycles. The van der Waals surface area contributed by atoms with E-state index in [1.54, 1.807) is 38.1 Å². The van der Waals surface area contributed by atoms with Crippen molar-refractivity contribution in [3.05, 3.63) is 35.4 Å². The summed E-state index contributed by atoms with van der Waals surface area (Å²) < 4.78 is 4.83. The number of carbonyl (C=O) groups excluding carboxylic acids is 1. The molecule has 1 rings (SSSR count). The highest BCUT2D eigenvalue weighted by Crippen LogP contribution is 2.13. The van der Waals surface area contributed by atoms with Crippen LogP contribution in [0.2, 0.25) is 0 Å². The summed E-state index contributed by atoms with van der Waals surface area (Å²) in [6, 6.07) is 6.74. The van der Waals surface area contributed by atoms with E-state index < -0.39 is 6.10 Å². The summed E-state index contributed by atoms with van der Waals surface area (Å²) in [4.78, 5) is 11.2. The number of ether oxygens (including phenoxy) is 1. The quantitative estimate of drug-likeness (QED) is 0.748. The Labute approximate surface area is 83.3 Å². The largest absolute Gasteiger partial charge is 0.462 e. The standard InChI is InChI=1S/C11H14O3/c1-3-14-11(13)10-6-4-9(5-7-10)8(2)12/h4-8,12H,3H2,1-2H3. The van der Waals surface area contributed by atoms with Gasteiger partial charge in [0.05, 0.1) is 18.3 Å². The van der Waals surface area contributed by atoms with Crippen LogP contribution in [0.3, 0.4) is 0 Å². The first-order valence-corrected chi connectivity index (χ1v) is 4.60. The molecule has 76 valence electrons. The van der Waals surface area contributed by atoms with Gasteiger partial charge in [0.1, 0.15) is 0 Å². The van der Waals surface area contributed by atoms with E-state index in [9.17, 15) is 9.90 Å². The normalized spacial score (nSPS) is 12.2. The fraction of sp³-hybridized carbons (Fsp3) is 0.364. The Morgan fingerprint density at radius 3 is 2.43 bits per heavy atom. The second-order valence-corrected chi connectivity index (χ2v) is 3.02. The lowest BCUT2D eigenvalue weighted by atomic mass is 10.1. The van der Waals surface area contributed by atoms with Crippen LogP contribution in [0.25, 0.3) is 0 Å². The van der Waals surface area contributed by atoms with E-state index in [0.717, 1.165) is 5.56 Å². The van der Waals surface area contributed by atoms with Gasteiger partial charge < -0.3 is 9.84 Å². The summed E-state index contributed by atoms with van der Waals surface area (Å²) in [6.07, 6.45) is -0.508. The van der Waals surface area contributed by atoms with E-state index in [1.807, 2.05) is 0 Å². The third kappa shape index (κ3) is 2.57. The molecule has 1 aromatic carbocycles. The molecule has 3 heteroatoms. The summed E-state index contributed by atoms with van der Waals surface area (Å²) in [5.74, 6) is -0.329. The Balaban J connectivity index is 2.78. The van der Waals surface area contributed by atoms with Gasteiger partial charge in [-0.05, 0) is 31.5 Å². The number of rotatable bonds is 3. The molecule has 0 heterocycles. The van der Waals surface area contributed by atoms with Gasteiger partial charge in [-0.1, -0.05) is 12.1 Å². The molecule has 0 radical (unpaired) electrons. The Morgan fingerprint density at radius 2 is 2.00 bits per heavy atom. The minimum atomic E-state index is -0.508. The fourth-order valence-corrected chi connectivity index (χ4v) is 1.11. The van der Waals surface area contributed by atoms with E-state index in [0.29, 0.717) is 12.2 Å². The summed E-state index contributed by atoms with van der Waals surface area (Å²) in [7, 11) is 0. The van der Waals surface area contributed by atoms with Crippen molar-refractivity contribution in [2.75, 3.05) is 6.61 Å². The number of hydrogen-bond acceptors (Lipinski definition) is 3. The molecule has 0 aliphatic heterocycles. The SMILES string of the molecule is CCOC(=O)c1ccc(C(C)O)cc1. The molecule has 1 N–H and O–H groups in total. The molecule has 0 aromatic heterocycles. The van der Waals surface area contributed by atoms with E-state index in [1.165, 1.54) is 0 Å². The summed E-state index contributed by atoms with van der Waals surface area (Å²) in [5, 5.41) is 9.24. The first-order valence-electron chi connectivity index (χ1n) is 4.60. The molecule has 0 fully saturated rings. The van der Waals surface area contributed by atoms with Crippen molar-refractivity contribution in [3.8, 4) is 0 Å². The van der Waals surface area contributed by atoms with E-state index in [-0.39, 0.29) is 5.97 Å². The van der Waals surface area contributed by atoms with Crippen LogP contribution in [0.4, 0.5) is 0 Å².